The summed E-state index contributed by atoms with van der Waals surface area (Å²) in [5, 5.41) is 4.21. The van der Waals surface area contributed by atoms with Crippen LogP contribution in [0.15, 0.2) is 18.3 Å². The van der Waals surface area contributed by atoms with Gasteiger partial charge in [0, 0.05) is 12.7 Å². The van der Waals surface area contributed by atoms with Crippen LogP contribution in [-0.2, 0) is 6.54 Å². The van der Waals surface area contributed by atoms with Gasteiger partial charge in [0.15, 0.2) is 0 Å². The molecule has 72 valence electrons. The number of hydrogen-bond donors (Lipinski definition) is 1. The van der Waals surface area contributed by atoms with Gasteiger partial charge in [-0.25, -0.2) is 0 Å². The summed E-state index contributed by atoms with van der Waals surface area (Å²) in [6.45, 7) is 5.80. The van der Waals surface area contributed by atoms with Crippen LogP contribution < -0.4 is 5.73 Å². The standard InChI is InChI=1S/C10H17N3/c1-3-13-10(6-8-12-13)9(2)5-4-7-11/h5-6,8H,3-4,7,11H2,1-2H3. The molecule has 0 bridgehead atoms. The van der Waals surface area contributed by atoms with E-state index in [1.165, 1.54) is 11.3 Å². The van der Waals surface area contributed by atoms with E-state index in [2.05, 4.69) is 25.0 Å². The van der Waals surface area contributed by atoms with Crippen molar-refractivity contribution in [1.29, 1.82) is 0 Å². The van der Waals surface area contributed by atoms with Crippen LogP contribution >= 0.6 is 0 Å². The zero-order valence-electron chi connectivity index (χ0n) is 8.33. The molecule has 13 heavy (non-hydrogen) atoms. The number of nitrogens with zero attached hydrogens (tertiary/aromatic N) is 2. The maximum atomic E-state index is 5.43. The van der Waals surface area contributed by atoms with Gasteiger partial charge in [0.25, 0.3) is 0 Å². The molecule has 0 saturated carbocycles. The third kappa shape index (κ3) is 2.42. The van der Waals surface area contributed by atoms with Crippen LogP contribution in [0.4, 0.5) is 0 Å². The Morgan fingerprint density at radius 3 is 3.08 bits per heavy atom. The fourth-order valence-electron chi connectivity index (χ4n) is 1.32. The number of aryl methyl sites for hydroxylation is 1. The van der Waals surface area contributed by atoms with Gasteiger partial charge in [-0.05, 0) is 38.5 Å². The predicted molar refractivity (Wildman–Crippen MR) is 55.2 cm³/mol. The Morgan fingerprint density at radius 2 is 2.46 bits per heavy atom. The molecule has 0 fully saturated rings. The van der Waals surface area contributed by atoms with Crippen LogP contribution in [0.25, 0.3) is 5.57 Å². The summed E-state index contributed by atoms with van der Waals surface area (Å²) in [4.78, 5) is 0. The smallest absolute Gasteiger partial charge is 0.0635 e. The molecule has 0 atom stereocenters. The molecule has 3 heteroatoms. The molecule has 1 aromatic rings. The normalized spacial score (nSPS) is 12.1. The molecule has 0 aromatic carbocycles. The molecule has 0 radical (unpaired) electrons. The summed E-state index contributed by atoms with van der Waals surface area (Å²) in [7, 11) is 0. The molecule has 0 aliphatic heterocycles. The lowest BCUT2D eigenvalue weighted by molar-refractivity contribution is 0.651. The predicted octanol–water partition coefficient (Wildman–Crippen LogP) is 1.66. The highest BCUT2D eigenvalue weighted by atomic mass is 15.3. The zero-order valence-corrected chi connectivity index (χ0v) is 8.33. The SMILES string of the molecule is CCn1nccc1C(C)=CCCN. The minimum Gasteiger partial charge on any atom is -0.330 e. The quantitative estimate of drug-likeness (QED) is 0.763. The van der Waals surface area contributed by atoms with E-state index in [9.17, 15) is 0 Å². The minimum absolute atomic E-state index is 0.706. The van der Waals surface area contributed by atoms with E-state index < -0.39 is 0 Å². The molecular weight excluding hydrogens is 162 g/mol. The van der Waals surface area contributed by atoms with Gasteiger partial charge in [-0.15, -0.1) is 0 Å². The van der Waals surface area contributed by atoms with Crippen LogP contribution in [0.3, 0.4) is 0 Å². The van der Waals surface area contributed by atoms with E-state index in [4.69, 9.17) is 5.73 Å². The Bertz CT molecular complexity index is 286. The van der Waals surface area contributed by atoms with E-state index in [0.29, 0.717) is 6.54 Å². The van der Waals surface area contributed by atoms with Crippen molar-refractivity contribution in [3.63, 3.8) is 0 Å². The first-order valence-electron chi connectivity index (χ1n) is 4.68. The van der Waals surface area contributed by atoms with Crippen molar-refractivity contribution in [1.82, 2.24) is 9.78 Å². The van der Waals surface area contributed by atoms with Crippen LogP contribution in [0, 0.1) is 0 Å². The second-order valence-electron chi connectivity index (χ2n) is 3.00. The van der Waals surface area contributed by atoms with Crippen molar-refractivity contribution in [2.75, 3.05) is 6.54 Å². The highest BCUT2D eigenvalue weighted by Crippen LogP contribution is 2.13. The summed E-state index contributed by atoms with van der Waals surface area (Å²) in [6.07, 6.45) is 4.92. The fraction of sp³-hybridized carbons (Fsp3) is 0.500. The maximum Gasteiger partial charge on any atom is 0.0635 e. The molecule has 0 spiro atoms. The van der Waals surface area contributed by atoms with E-state index in [1.807, 2.05) is 16.9 Å². The van der Waals surface area contributed by atoms with Gasteiger partial charge in [-0.1, -0.05) is 6.08 Å². The Hall–Kier alpha value is -1.09. The molecule has 1 rings (SSSR count). The highest BCUT2D eigenvalue weighted by molar-refractivity contribution is 5.60. The Labute approximate surface area is 79.2 Å². The first kappa shape index (κ1) is 9.99. The highest BCUT2D eigenvalue weighted by Gasteiger charge is 2.00. The summed E-state index contributed by atoms with van der Waals surface area (Å²) in [5.74, 6) is 0. The zero-order chi connectivity index (χ0) is 9.68. The van der Waals surface area contributed by atoms with Gasteiger partial charge in [0.1, 0.15) is 0 Å². The lowest BCUT2D eigenvalue weighted by Crippen LogP contribution is -2.01. The number of aromatic nitrogens is 2. The second kappa shape index (κ2) is 4.82. The number of hydrogen-bond acceptors (Lipinski definition) is 2. The number of allylic oxidation sites excluding steroid dienone is 1. The Balaban J connectivity index is 2.81. The molecule has 0 aliphatic carbocycles. The summed E-state index contributed by atoms with van der Waals surface area (Å²) < 4.78 is 1.99. The monoisotopic (exact) mass is 179 g/mol. The third-order valence-corrected chi connectivity index (χ3v) is 2.04. The van der Waals surface area contributed by atoms with Gasteiger partial charge in [-0.2, -0.15) is 5.10 Å². The molecule has 1 heterocycles. The molecule has 1 aromatic heterocycles. The average molecular weight is 179 g/mol. The van der Waals surface area contributed by atoms with Gasteiger partial charge in [0.2, 0.25) is 0 Å². The largest absolute Gasteiger partial charge is 0.330 e. The van der Waals surface area contributed by atoms with Crippen molar-refractivity contribution < 1.29 is 0 Å². The van der Waals surface area contributed by atoms with Crippen molar-refractivity contribution >= 4 is 5.57 Å². The first-order valence-corrected chi connectivity index (χ1v) is 4.68. The van der Waals surface area contributed by atoms with Gasteiger partial charge >= 0.3 is 0 Å². The first-order chi connectivity index (χ1) is 6.29. The lowest BCUT2D eigenvalue weighted by atomic mass is 10.2. The molecule has 0 amide bonds. The average Bonchev–Trinajstić information content (AvgIpc) is 2.61. The summed E-state index contributed by atoms with van der Waals surface area (Å²) in [6, 6.07) is 2.03. The van der Waals surface area contributed by atoms with E-state index in [1.54, 1.807) is 0 Å². The van der Waals surface area contributed by atoms with Crippen molar-refractivity contribution in [2.45, 2.75) is 26.8 Å². The molecule has 0 unspecified atom stereocenters. The van der Waals surface area contributed by atoms with Gasteiger partial charge < -0.3 is 5.73 Å². The second-order valence-corrected chi connectivity index (χ2v) is 3.00. The number of rotatable bonds is 4. The van der Waals surface area contributed by atoms with Crippen molar-refractivity contribution in [3.8, 4) is 0 Å². The molecule has 3 nitrogen and oxygen atoms in total. The molecule has 0 saturated heterocycles. The van der Waals surface area contributed by atoms with Crippen LogP contribution in [0.2, 0.25) is 0 Å². The molecule has 0 aliphatic rings. The third-order valence-electron chi connectivity index (χ3n) is 2.04. The van der Waals surface area contributed by atoms with Gasteiger partial charge in [-0.3, -0.25) is 4.68 Å². The van der Waals surface area contributed by atoms with E-state index in [-0.39, 0.29) is 0 Å². The number of nitrogens with two attached hydrogens (primary N) is 1. The van der Waals surface area contributed by atoms with Crippen molar-refractivity contribution in [2.24, 2.45) is 5.73 Å². The summed E-state index contributed by atoms with van der Waals surface area (Å²) >= 11 is 0. The molecular formula is C10H17N3. The van der Waals surface area contributed by atoms with E-state index in [0.717, 1.165) is 13.0 Å². The molecule has 2 N–H and O–H groups in total. The van der Waals surface area contributed by atoms with Crippen LogP contribution in [0.5, 0.6) is 0 Å². The van der Waals surface area contributed by atoms with Gasteiger partial charge in [0.05, 0.1) is 5.69 Å². The lowest BCUT2D eigenvalue weighted by Gasteiger charge is -2.04. The summed E-state index contributed by atoms with van der Waals surface area (Å²) in [5.41, 5.74) is 7.88. The Morgan fingerprint density at radius 1 is 1.69 bits per heavy atom. The topological polar surface area (TPSA) is 43.8 Å². The van der Waals surface area contributed by atoms with E-state index >= 15 is 0 Å². The van der Waals surface area contributed by atoms with Crippen LogP contribution in [0.1, 0.15) is 26.0 Å². The van der Waals surface area contributed by atoms with Crippen molar-refractivity contribution in [3.05, 3.63) is 24.0 Å². The minimum atomic E-state index is 0.706. The fourth-order valence-corrected chi connectivity index (χ4v) is 1.32. The Kier molecular flexibility index (Phi) is 3.71. The van der Waals surface area contributed by atoms with Crippen LogP contribution in [-0.4, -0.2) is 16.3 Å². The maximum absolute atomic E-state index is 5.43.